The van der Waals surface area contributed by atoms with Crippen molar-refractivity contribution in [3.05, 3.63) is 125 Å². The Morgan fingerprint density at radius 2 is 1.62 bits per heavy atom. The summed E-state index contributed by atoms with van der Waals surface area (Å²) < 4.78 is 18.5. The number of ether oxygens (including phenoxy) is 3. The Balaban J connectivity index is 1.06. The van der Waals surface area contributed by atoms with E-state index in [1.165, 1.54) is 6.92 Å². The number of esters is 1. The number of hydrogen-bond acceptors (Lipinski definition) is 9. The van der Waals surface area contributed by atoms with Crippen LogP contribution in [0.2, 0.25) is 0 Å². The number of carbonyl (C=O) groups is 3. The fourth-order valence-electron chi connectivity index (χ4n) is 8.05. The van der Waals surface area contributed by atoms with E-state index in [2.05, 4.69) is 51.6 Å². The van der Waals surface area contributed by atoms with Crippen molar-refractivity contribution >= 4 is 23.5 Å². The van der Waals surface area contributed by atoms with Crippen LogP contribution in [0.3, 0.4) is 0 Å². The van der Waals surface area contributed by atoms with Crippen LogP contribution in [0.25, 0.3) is 11.1 Å². The first-order valence-corrected chi connectivity index (χ1v) is 19.1. The number of nitrogens with one attached hydrogen (secondary N) is 2. The highest BCUT2D eigenvalue weighted by atomic mass is 16.7. The number of rotatable bonds is 11. The van der Waals surface area contributed by atoms with Gasteiger partial charge in [0, 0.05) is 50.3 Å². The zero-order valence-corrected chi connectivity index (χ0v) is 31.6. The fourth-order valence-corrected chi connectivity index (χ4v) is 8.05. The molecule has 4 aromatic rings. The van der Waals surface area contributed by atoms with Crippen LogP contribution < -0.4 is 15.5 Å². The monoisotopic (exact) mass is 746 g/mol. The van der Waals surface area contributed by atoms with Gasteiger partial charge in [0.1, 0.15) is 5.54 Å². The zero-order valence-electron chi connectivity index (χ0n) is 31.6. The van der Waals surface area contributed by atoms with Gasteiger partial charge in [-0.05, 0) is 65.8 Å². The molecular weight excluding hydrogens is 697 g/mol. The number of para-hydroxylation sites is 1. The molecule has 3 fully saturated rings. The van der Waals surface area contributed by atoms with E-state index in [0.29, 0.717) is 19.8 Å². The molecule has 55 heavy (non-hydrogen) atoms. The molecule has 3 heterocycles. The molecule has 0 bridgehead atoms. The van der Waals surface area contributed by atoms with E-state index in [-0.39, 0.29) is 36.5 Å². The van der Waals surface area contributed by atoms with E-state index >= 15 is 0 Å². The summed E-state index contributed by atoms with van der Waals surface area (Å²) in [5.74, 6) is -0.720. The zero-order chi connectivity index (χ0) is 38.5. The molecule has 0 aliphatic carbocycles. The lowest BCUT2D eigenvalue weighted by atomic mass is 9.84. The largest absolute Gasteiger partial charge is 0.453 e. The second kappa shape index (κ2) is 16.7. The number of likely N-dealkylation sites (tertiary alicyclic amines) is 1. The molecule has 5 atom stereocenters. The van der Waals surface area contributed by atoms with Gasteiger partial charge in [-0.25, -0.2) is 0 Å². The molecule has 11 nitrogen and oxygen atoms in total. The van der Waals surface area contributed by atoms with Crippen molar-refractivity contribution in [3.8, 4) is 11.1 Å². The van der Waals surface area contributed by atoms with Crippen LogP contribution >= 0.6 is 0 Å². The molecule has 3 saturated heterocycles. The molecule has 3 N–H and O–H groups in total. The first kappa shape index (κ1) is 38.2. The van der Waals surface area contributed by atoms with Crippen LogP contribution in [0.15, 0.2) is 103 Å². The summed E-state index contributed by atoms with van der Waals surface area (Å²) >= 11 is 0. The molecule has 1 spiro atoms. The summed E-state index contributed by atoms with van der Waals surface area (Å²) in [4.78, 5) is 41.6. The molecule has 3 aliphatic rings. The first-order chi connectivity index (χ1) is 26.6. The van der Waals surface area contributed by atoms with E-state index in [4.69, 9.17) is 14.2 Å². The Morgan fingerprint density at radius 3 is 2.31 bits per heavy atom. The smallest absolute Gasteiger partial charge is 0.303 e. The lowest BCUT2D eigenvalue weighted by molar-refractivity contribution is -0.276. The van der Waals surface area contributed by atoms with Crippen molar-refractivity contribution in [1.29, 1.82) is 0 Å². The van der Waals surface area contributed by atoms with Gasteiger partial charge in [0.2, 0.25) is 5.91 Å². The summed E-state index contributed by atoms with van der Waals surface area (Å²) in [6.45, 7) is 8.04. The molecular formula is C44H50N4O7. The minimum Gasteiger partial charge on any atom is -0.453 e. The maximum absolute atomic E-state index is 13.3. The minimum absolute atomic E-state index is 0.0227. The molecule has 0 unspecified atom stereocenters. The predicted octanol–water partition coefficient (Wildman–Crippen LogP) is 5.63. The highest BCUT2D eigenvalue weighted by Gasteiger charge is 2.51. The van der Waals surface area contributed by atoms with Crippen LogP contribution in [0, 0.1) is 5.92 Å². The lowest BCUT2D eigenvalue weighted by Gasteiger charge is -2.46. The maximum atomic E-state index is 13.3. The second-order valence-corrected chi connectivity index (χ2v) is 14.9. The molecule has 2 amide bonds. The van der Waals surface area contributed by atoms with Gasteiger partial charge in [-0.2, -0.15) is 0 Å². The van der Waals surface area contributed by atoms with Gasteiger partial charge < -0.3 is 39.8 Å². The number of nitrogens with zero attached hydrogens (tertiary/aromatic N) is 2. The topological polar surface area (TPSA) is 130 Å². The summed E-state index contributed by atoms with van der Waals surface area (Å²) in [7, 11) is 0. The molecule has 7 rings (SSSR count). The third-order valence-electron chi connectivity index (χ3n) is 11.3. The van der Waals surface area contributed by atoms with Gasteiger partial charge in [0.15, 0.2) is 12.4 Å². The Bertz CT molecular complexity index is 1950. The third kappa shape index (κ3) is 8.45. The molecule has 3 aliphatic heterocycles. The van der Waals surface area contributed by atoms with Crippen molar-refractivity contribution in [2.75, 3.05) is 31.2 Å². The van der Waals surface area contributed by atoms with Crippen LogP contribution in [0.1, 0.15) is 68.3 Å². The average Bonchev–Trinajstić information content (AvgIpc) is 3.52. The number of piperidine rings is 1. The highest BCUT2D eigenvalue weighted by molar-refractivity contribution is 5.93. The summed E-state index contributed by atoms with van der Waals surface area (Å²) in [6.07, 6.45) is -0.404. The van der Waals surface area contributed by atoms with Gasteiger partial charge >= 0.3 is 5.97 Å². The lowest BCUT2D eigenvalue weighted by Crippen LogP contribution is -2.57. The normalized spacial score (nSPS) is 22.9. The Morgan fingerprint density at radius 1 is 0.909 bits per heavy atom. The van der Waals surface area contributed by atoms with E-state index in [9.17, 15) is 19.5 Å². The third-order valence-corrected chi connectivity index (χ3v) is 11.3. The molecule has 288 valence electrons. The Kier molecular flexibility index (Phi) is 11.6. The average molecular weight is 747 g/mol. The van der Waals surface area contributed by atoms with Crippen LogP contribution in [-0.4, -0.2) is 71.8 Å². The molecule has 0 saturated carbocycles. The second-order valence-electron chi connectivity index (χ2n) is 14.9. The predicted molar refractivity (Wildman–Crippen MR) is 208 cm³/mol. The molecule has 0 radical (unpaired) electrons. The van der Waals surface area contributed by atoms with Crippen molar-refractivity contribution < 1.29 is 33.7 Å². The number of hydrogen-bond donors (Lipinski definition) is 3. The number of carbonyl (C=O) groups excluding carboxylic acids is 3. The minimum atomic E-state index is -0.863. The van der Waals surface area contributed by atoms with Crippen LogP contribution in [-0.2, 0) is 41.7 Å². The summed E-state index contributed by atoms with van der Waals surface area (Å²) in [6, 6.07) is 34.2. The SMILES string of the molecule is CC(=O)O[C@@H](C)C(=O)NCc1cccc(-c2ccc([C@@H]3O[C@H](CN4CCC5(CC4)C(=O)NCN5c4ccccc4)[C@H](C)[C@H](c4ccc(CO)cc4)O3)cc2)c1. The maximum Gasteiger partial charge on any atom is 0.303 e. The van der Waals surface area contributed by atoms with Crippen molar-refractivity contribution in [3.63, 3.8) is 0 Å². The van der Waals surface area contributed by atoms with E-state index in [1.807, 2.05) is 78.9 Å². The quantitative estimate of drug-likeness (QED) is 0.167. The van der Waals surface area contributed by atoms with E-state index in [1.54, 1.807) is 6.92 Å². The number of benzene rings is 4. The molecule has 11 heteroatoms. The summed E-state index contributed by atoms with van der Waals surface area (Å²) in [5.41, 5.74) is 6.20. The van der Waals surface area contributed by atoms with E-state index in [0.717, 1.165) is 65.0 Å². The standard InChI is InChI=1S/C44H50N4O7/c1-29-39(26-47-22-20-44(21-23-47)43(52)46-28-48(44)38-10-5-4-6-11-38)54-42(55-40(29)35-14-12-32(27-49)13-15-35)36-18-16-34(17-19-36)37-9-7-8-33(24-37)25-45-41(51)30(2)53-31(3)50/h4-19,24,29-30,39-40,42,49H,20-23,25-28H2,1-3H3,(H,45,51)(H,46,52)/t29-,30-,39+,40+,42+/m0/s1. The van der Waals surface area contributed by atoms with Gasteiger partial charge in [0.25, 0.3) is 5.91 Å². The highest BCUT2D eigenvalue weighted by Crippen LogP contribution is 2.43. The number of aliphatic hydroxyl groups excluding tert-OH is 1. The number of anilines is 1. The Labute approximate surface area is 322 Å². The summed E-state index contributed by atoms with van der Waals surface area (Å²) in [5, 5.41) is 15.6. The Hall–Kier alpha value is -5.07. The molecule has 4 aromatic carbocycles. The van der Waals surface area contributed by atoms with Crippen LogP contribution in [0.4, 0.5) is 5.69 Å². The molecule has 0 aromatic heterocycles. The first-order valence-electron chi connectivity index (χ1n) is 19.1. The number of aliphatic hydroxyl groups is 1. The fraction of sp³-hybridized carbons (Fsp3) is 0.386. The number of amides is 2. The van der Waals surface area contributed by atoms with Gasteiger partial charge in [-0.1, -0.05) is 91.9 Å². The van der Waals surface area contributed by atoms with Crippen molar-refractivity contribution in [2.24, 2.45) is 5.92 Å². The van der Waals surface area contributed by atoms with Gasteiger partial charge in [0.05, 0.1) is 25.5 Å². The van der Waals surface area contributed by atoms with Crippen LogP contribution in [0.5, 0.6) is 0 Å². The van der Waals surface area contributed by atoms with E-state index < -0.39 is 23.9 Å². The van der Waals surface area contributed by atoms with Gasteiger partial charge in [-0.3, -0.25) is 14.4 Å². The van der Waals surface area contributed by atoms with Crippen molar-refractivity contribution in [2.45, 2.75) is 76.9 Å². The van der Waals surface area contributed by atoms with Gasteiger partial charge in [-0.15, -0.1) is 0 Å². The van der Waals surface area contributed by atoms with Crippen molar-refractivity contribution in [1.82, 2.24) is 15.5 Å².